The first-order valence-corrected chi connectivity index (χ1v) is 10.4. The zero-order valence-corrected chi connectivity index (χ0v) is 18.7. The van der Waals surface area contributed by atoms with E-state index >= 15 is 0 Å². The molecule has 0 saturated carbocycles. The Morgan fingerprint density at radius 1 is 1.35 bits per heavy atom. The Morgan fingerprint density at radius 3 is 2.58 bits per heavy atom. The van der Waals surface area contributed by atoms with Crippen LogP contribution < -0.4 is 5.32 Å². The summed E-state index contributed by atoms with van der Waals surface area (Å²) in [6.45, 7) is 9.30. The average molecular weight is 439 g/mol. The summed E-state index contributed by atoms with van der Waals surface area (Å²) in [5.74, 6) is -0.295. The van der Waals surface area contributed by atoms with Crippen LogP contribution in [0.2, 0.25) is 0 Å². The molecule has 1 heterocycles. The molecule has 2 amide bonds. The van der Waals surface area contributed by atoms with Gasteiger partial charge in [0.05, 0.1) is 37.4 Å². The van der Waals surface area contributed by atoms with Crippen LogP contribution in [0.25, 0.3) is 0 Å². The van der Waals surface area contributed by atoms with Gasteiger partial charge in [0, 0.05) is 6.92 Å². The third kappa shape index (κ3) is 7.09. The van der Waals surface area contributed by atoms with Crippen molar-refractivity contribution in [3.05, 3.63) is 29.8 Å². The summed E-state index contributed by atoms with van der Waals surface area (Å²) < 4.78 is 11.6. The van der Waals surface area contributed by atoms with Crippen LogP contribution >= 0.6 is 0 Å². The molecule has 5 atom stereocenters. The number of benzene rings is 1. The Hall–Kier alpha value is -2.36. The number of rotatable bonds is 7. The number of ether oxygens (including phenoxy) is 2. The van der Waals surface area contributed by atoms with Crippen LogP contribution in [0.1, 0.15) is 40.2 Å². The van der Waals surface area contributed by atoms with Crippen LogP contribution in [0.4, 0.5) is 4.79 Å². The second-order valence-electron chi connectivity index (χ2n) is 9.24. The molecule has 0 aromatic heterocycles. The monoisotopic (exact) mass is 438 g/mol. The van der Waals surface area contributed by atoms with Crippen LogP contribution in [0.5, 0.6) is 5.75 Å². The van der Waals surface area contributed by atoms with E-state index in [0.717, 1.165) is 4.90 Å². The highest BCUT2D eigenvalue weighted by molar-refractivity contribution is 5.73. The molecule has 1 aromatic carbocycles. The molecular weight excluding hydrogens is 404 g/mol. The third-order valence-corrected chi connectivity index (χ3v) is 5.08. The van der Waals surface area contributed by atoms with Crippen molar-refractivity contribution < 1.29 is 34.4 Å². The Kier molecular flexibility index (Phi) is 8.27. The van der Waals surface area contributed by atoms with Crippen molar-refractivity contribution in [1.82, 2.24) is 10.2 Å². The smallest absolute Gasteiger partial charge is 0.408 e. The second kappa shape index (κ2) is 10.3. The number of hydrogen-bond acceptors (Lipinski definition) is 6. The predicted molar refractivity (Wildman–Crippen MR) is 114 cm³/mol. The quantitative estimate of drug-likeness (QED) is 0.512. The molecule has 174 valence electrons. The van der Waals surface area contributed by atoms with Crippen LogP contribution in [-0.4, -0.2) is 76.0 Å². The minimum absolute atomic E-state index is 0.0641. The van der Waals surface area contributed by atoms with Crippen molar-refractivity contribution in [2.75, 3.05) is 13.2 Å². The van der Waals surface area contributed by atoms with Gasteiger partial charge in [0.2, 0.25) is 5.91 Å². The molecule has 0 aliphatic carbocycles. The molecule has 4 N–H and O–H groups in total. The van der Waals surface area contributed by atoms with Crippen LogP contribution in [0.3, 0.4) is 0 Å². The number of phenolic OH excluding ortho intramolecular Hbond substituents is 1. The van der Waals surface area contributed by atoms with Gasteiger partial charge >= 0.3 is 6.09 Å². The van der Waals surface area contributed by atoms with Gasteiger partial charge in [0.25, 0.3) is 0 Å². The van der Waals surface area contributed by atoms with Gasteiger partial charge in [-0.2, -0.15) is 0 Å². The molecule has 2 rings (SSSR count). The molecule has 0 spiro atoms. The van der Waals surface area contributed by atoms with Gasteiger partial charge in [0.1, 0.15) is 5.75 Å². The molecule has 9 heteroatoms. The molecule has 1 saturated heterocycles. The van der Waals surface area contributed by atoms with Gasteiger partial charge in [-0.25, -0.2) is 4.79 Å². The summed E-state index contributed by atoms with van der Waals surface area (Å²) >= 11 is 0. The highest BCUT2D eigenvalue weighted by Gasteiger charge is 2.44. The summed E-state index contributed by atoms with van der Waals surface area (Å²) in [7, 11) is 0. The van der Waals surface area contributed by atoms with E-state index in [2.05, 4.69) is 5.32 Å². The molecule has 31 heavy (non-hydrogen) atoms. The van der Waals surface area contributed by atoms with E-state index in [0.29, 0.717) is 12.2 Å². The normalized spacial score (nSPS) is 23.8. The zero-order valence-electron chi connectivity index (χ0n) is 18.7. The fourth-order valence-electron chi connectivity index (χ4n) is 3.67. The topological polar surface area (TPSA) is 129 Å². The van der Waals surface area contributed by atoms with E-state index in [4.69, 9.17) is 9.47 Å². The van der Waals surface area contributed by atoms with Crippen molar-refractivity contribution in [1.29, 1.82) is 0 Å². The largest absolute Gasteiger partial charge is 0.508 e. The van der Waals surface area contributed by atoms with E-state index in [1.54, 1.807) is 19.1 Å². The third-order valence-electron chi connectivity index (χ3n) is 5.08. The first kappa shape index (κ1) is 24.9. The van der Waals surface area contributed by atoms with Gasteiger partial charge in [0.15, 0.2) is 6.29 Å². The fourth-order valence-corrected chi connectivity index (χ4v) is 3.67. The number of amides is 2. The maximum absolute atomic E-state index is 12.1. The van der Waals surface area contributed by atoms with Crippen molar-refractivity contribution in [3.63, 3.8) is 0 Å². The number of hydrogen-bond donors (Lipinski definition) is 4. The second-order valence-corrected chi connectivity index (χ2v) is 9.24. The Balaban J connectivity index is 2.21. The van der Waals surface area contributed by atoms with E-state index < -0.39 is 36.6 Å². The van der Waals surface area contributed by atoms with Crippen molar-refractivity contribution in [3.8, 4) is 5.75 Å². The minimum Gasteiger partial charge on any atom is -0.508 e. The first-order valence-electron chi connectivity index (χ1n) is 10.4. The number of aromatic hydroxyl groups is 1. The van der Waals surface area contributed by atoms with Gasteiger partial charge in [-0.1, -0.05) is 32.9 Å². The van der Waals surface area contributed by atoms with Gasteiger partial charge < -0.3 is 30.1 Å². The predicted octanol–water partition coefficient (Wildman–Crippen LogP) is 1.96. The number of aliphatic hydroxyl groups is 1. The number of phenols is 1. The average Bonchev–Trinajstić information content (AvgIpc) is 2.64. The first-order chi connectivity index (χ1) is 14.4. The van der Waals surface area contributed by atoms with Crippen molar-refractivity contribution in [2.24, 2.45) is 5.41 Å². The van der Waals surface area contributed by atoms with Gasteiger partial charge in [-0.05, 0) is 36.5 Å². The lowest BCUT2D eigenvalue weighted by atomic mass is 9.94. The number of carboxylic acid groups (broad SMARTS) is 1. The number of nitrogens with one attached hydrogen (secondary N) is 1. The number of carbonyl (C=O) groups is 2. The van der Waals surface area contributed by atoms with E-state index in [1.165, 1.54) is 19.1 Å². The van der Waals surface area contributed by atoms with Crippen LogP contribution in [-0.2, 0) is 20.7 Å². The number of morpholine rings is 1. The molecule has 9 nitrogen and oxygen atoms in total. The Morgan fingerprint density at radius 2 is 2.03 bits per heavy atom. The molecule has 0 unspecified atom stereocenters. The summed E-state index contributed by atoms with van der Waals surface area (Å²) in [5, 5.41) is 33.3. The number of nitrogens with zero attached hydrogens (tertiary/aromatic N) is 1. The SMILES string of the molecule is CC(=O)N[C@@H](Cc1cccc(O)c1)[C@H](O)[C@H]1CO[C@@H](OCC(C)(C)C)[C@H](C)N1C(=O)O. The summed E-state index contributed by atoms with van der Waals surface area (Å²) in [5.41, 5.74) is 0.571. The maximum atomic E-state index is 12.1. The fraction of sp³-hybridized carbons (Fsp3) is 0.636. The molecule has 0 radical (unpaired) electrons. The summed E-state index contributed by atoms with van der Waals surface area (Å²) in [6.07, 6.45) is -3.00. The zero-order chi connectivity index (χ0) is 23.3. The van der Waals surface area contributed by atoms with Gasteiger partial charge in [-0.15, -0.1) is 0 Å². The highest BCUT2D eigenvalue weighted by Crippen LogP contribution is 2.26. The van der Waals surface area contributed by atoms with Crippen LogP contribution in [0.15, 0.2) is 24.3 Å². The molecule has 1 aliphatic rings. The maximum Gasteiger partial charge on any atom is 0.408 e. The van der Waals surface area contributed by atoms with Crippen molar-refractivity contribution >= 4 is 12.0 Å². The van der Waals surface area contributed by atoms with E-state index in [1.807, 2.05) is 20.8 Å². The Bertz CT molecular complexity index is 764. The van der Waals surface area contributed by atoms with E-state index in [-0.39, 0.29) is 30.1 Å². The number of aliphatic hydroxyl groups excluding tert-OH is 1. The molecule has 1 fully saturated rings. The molecular formula is C22H34N2O7. The van der Waals surface area contributed by atoms with Crippen molar-refractivity contribution in [2.45, 2.75) is 71.6 Å². The van der Waals surface area contributed by atoms with E-state index in [9.17, 15) is 24.9 Å². The van der Waals surface area contributed by atoms with Gasteiger partial charge in [-0.3, -0.25) is 9.69 Å². The van der Waals surface area contributed by atoms with Crippen LogP contribution in [0, 0.1) is 5.41 Å². The number of carbonyl (C=O) groups excluding carboxylic acids is 1. The minimum atomic E-state index is -1.24. The highest BCUT2D eigenvalue weighted by atomic mass is 16.7. The summed E-state index contributed by atoms with van der Waals surface area (Å²) in [4.78, 5) is 25.0. The molecule has 1 aliphatic heterocycles. The lowest BCUT2D eigenvalue weighted by Gasteiger charge is -2.46. The lowest BCUT2D eigenvalue weighted by Crippen LogP contribution is -2.65. The molecule has 1 aromatic rings. The standard InChI is InChI=1S/C22H34N2O7/c1-13-20(31-12-22(3,4)5)30-11-18(24(13)21(28)29)19(27)17(23-14(2)25)10-15-7-6-8-16(26)9-15/h6-9,13,17-20,26-27H,10-12H2,1-5H3,(H,23,25)(H,28,29)/t13-,17-,18+,19-,20-/m0/s1. The lowest BCUT2D eigenvalue weighted by molar-refractivity contribution is -0.231. The molecule has 0 bridgehead atoms. The summed E-state index contributed by atoms with van der Waals surface area (Å²) in [6, 6.07) is 4.12. The Labute approximate surface area is 183 Å².